The second kappa shape index (κ2) is 9.54. The van der Waals surface area contributed by atoms with Crippen LogP contribution in [0, 0.1) is 0 Å². The zero-order valence-electron chi connectivity index (χ0n) is 16.7. The van der Waals surface area contributed by atoms with Crippen LogP contribution in [-0.2, 0) is 14.2 Å². The highest BCUT2D eigenvalue weighted by Crippen LogP contribution is 2.43. The Bertz CT molecular complexity index is 559. The van der Waals surface area contributed by atoms with Gasteiger partial charge in [-0.2, -0.15) is 0 Å². The summed E-state index contributed by atoms with van der Waals surface area (Å²) in [5.74, 6) is 0. The molecule has 13 nitrogen and oxygen atoms in total. The van der Waals surface area contributed by atoms with E-state index in [1.807, 2.05) is 0 Å². The van der Waals surface area contributed by atoms with Gasteiger partial charge < -0.3 is 62.1 Å². The predicted octanol–water partition coefficient (Wildman–Crippen LogP) is -6.06. The van der Waals surface area contributed by atoms with E-state index in [1.165, 1.54) is 12.0 Å². The average molecular weight is 438 g/mol. The van der Waals surface area contributed by atoms with Crippen molar-refractivity contribution in [3.8, 4) is 0 Å². The maximum atomic E-state index is 10.9. The molecular formula is C17H34N4O9. The van der Waals surface area contributed by atoms with Gasteiger partial charge in [-0.05, 0) is 6.42 Å². The van der Waals surface area contributed by atoms with Gasteiger partial charge in [0.15, 0.2) is 6.29 Å². The van der Waals surface area contributed by atoms with Gasteiger partial charge >= 0.3 is 0 Å². The molecule has 12 N–H and O–H groups in total. The Morgan fingerprint density at radius 1 is 1.07 bits per heavy atom. The van der Waals surface area contributed by atoms with Crippen LogP contribution in [0.1, 0.15) is 6.42 Å². The molecule has 0 spiro atoms. The van der Waals surface area contributed by atoms with Gasteiger partial charge in [0, 0.05) is 25.7 Å². The van der Waals surface area contributed by atoms with Gasteiger partial charge in [-0.25, -0.2) is 0 Å². The molecule has 1 saturated carbocycles. The van der Waals surface area contributed by atoms with Gasteiger partial charge in [-0.1, -0.05) is 0 Å². The van der Waals surface area contributed by atoms with Crippen LogP contribution in [0.5, 0.6) is 0 Å². The summed E-state index contributed by atoms with van der Waals surface area (Å²) in [4.78, 5) is 1.50. The highest BCUT2D eigenvalue weighted by Gasteiger charge is 2.65. The van der Waals surface area contributed by atoms with E-state index in [2.05, 4.69) is 0 Å². The van der Waals surface area contributed by atoms with E-state index in [9.17, 15) is 30.6 Å². The van der Waals surface area contributed by atoms with Crippen molar-refractivity contribution in [3.05, 3.63) is 0 Å². The first-order valence-electron chi connectivity index (χ1n) is 10.0. The Kier molecular flexibility index (Phi) is 7.67. The van der Waals surface area contributed by atoms with E-state index in [-0.39, 0.29) is 13.0 Å². The number of hydrogen-bond donors (Lipinski definition) is 9. The molecule has 0 radical (unpaired) electrons. The zero-order valence-corrected chi connectivity index (χ0v) is 16.7. The Balaban J connectivity index is 1.79. The summed E-state index contributed by atoms with van der Waals surface area (Å²) in [6.45, 7) is -0.533. The number of methoxy groups -OCH3 is 1. The molecule has 13 heteroatoms. The molecule has 3 fully saturated rings. The number of rotatable bonds is 8. The number of ether oxygens (including phenoxy) is 3. The number of nitrogens with two attached hydrogens (primary N) is 3. The number of nitrogens with zero attached hydrogens (tertiary/aromatic N) is 1. The number of hydrogen-bond acceptors (Lipinski definition) is 13. The molecule has 30 heavy (non-hydrogen) atoms. The van der Waals surface area contributed by atoms with Crippen molar-refractivity contribution < 1.29 is 44.8 Å². The molecule has 2 heterocycles. The van der Waals surface area contributed by atoms with Crippen molar-refractivity contribution in [2.75, 3.05) is 20.3 Å². The molecule has 0 aromatic rings. The van der Waals surface area contributed by atoms with Crippen LogP contribution >= 0.6 is 0 Å². The third-order valence-corrected chi connectivity index (χ3v) is 6.36. The predicted molar refractivity (Wildman–Crippen MR) is 100 cm³/mol. The van der Waals surface area contributed by atoms with Crippen molar-refractivity contribution in [1.82, 2.24) is 4.90 Å². The standard InChI is InChI=1S/C17H34N4O9/c1-28-8(4-22)9(21-10-14(26)13(25)7(3-18)29-16(10)21)17(27)30-15-11(23)5(19)2-6(20)12(15)24/h5-17,22-27H,2-4,18-20H2,1H3. The minimum atomic E-state index is -1.69. The minimum Gasteiger partial charge on any atom is -0.394 e. The quantitative estimate of drug-likeness (QED) is 0.127. The van der Waals surface area contributed by atoms with Gasteiger partial charge in [0.1, 0.15) is 36.7 Å². The highest BCUT2D eigenvalue weighted by atomic mass is 16.6. The van der Waals surface area contributed by atoms with Crippen molar-refractivity contribution in [1.29, 1.82) is 0 Å². The molecule has 13 unspecified atom stereocenters. The van der Waals surface area contributed by atoms with E-state index in [0.717, 1.165) is 0 Å². The SMILES string of the molecule is COC(CO)C(C(O)OC1C(O)C(N)CC(N)C1O)N1C2OC(CN)C(O)C(O)C21. The van der Waals surface area contributed by atoms with Crippen molar-refractivity contribution in [2.45, 2.75) is 85.8 Å². The highest BCUT2D eigenvalue weighted by molar-refractivity contribution is 5.12. The summed E-state index contributed by atoms with van der Waals surface area (Å²) in [5.41, 5.74) is 17.3. The summed E-state index contributed by atoms with van der Waals surface area (Å²) in [6, 6.07) is -3.28. The molecule has 1 aliphatic carbocycles. The van der Waals surface area contributed by atoms with E-state index < -0.39 is 86.0 Å². The van der Waals surface area contributed by atoms with Crippen molar-refractivity contribution >= 4 is 0 Å². The summed E-state index contributed by atoms with van der Waals surface area (Å²) >= 11 is 0. The maximum Gasteiger partial charge on any atom is 0.173 e. The molecule has 0 bridgehead atoms. The Morgan fingerprint density at radius 2 is 1.67 bits per heavy atom. The van der Waals surface area contributed by atoms with Gasteiger partial charge in [-0.3, -0.25) is 4.90 Å². The third-order valence-electron chi connectivity index (χ3n) is 6.36. The van der Waals surface area contributed by atoms with Crippen LogP contribution in [0.3, 0.4) is 0 Å². The molecule has 0 aromatic carbocycles. The largest absolute Gasteiger partial charge is 0.394 e. The summed E-state index contributed by atoms with van der Waals surface area (Å²) in [7, 11) is 1.32. The fourth-order valence-electron chi connectivity index (χ4n) is 4.51. The van der Waals surface area contributed by atoms with E-state index in [1.54, 1.807) is 0 Å². The summed E-state index contributed by atoms with van der Waals surface area (Å²) < 4.78 is 16.5. The summed E-state index contributed by atoms with van der Waals surface area (Å²) in [5, 5.41) is 61.8. The monoisotopic (exact) mass is 438 g/mol. The molecule has 3 rings (SSSR count). The average Bonchev–Trinajstić information content (AvgIpc) is 3.43. The second-order valence-corrected chi connectivity index (χ2v) is 8.20. The maximum absolute atomic E-state index is 10.9. The van der Waals surface area contributed by atoms with Crippen molar-refractivity contribution in [3.63, 3.8) is 0 Å². The van der Waals surface area contributed by atoms with E-state index in [4.69, 9.17) is 31.4 Å². The van der Waals surface area contributed by atoms with Crippen LogP contribution in [0.4, 0.5) is 0 Å². The molecule has 0 amide bonds. The van der Waals surface area contributed by atoms with Crippen LogP contribution in [0.15, 0.2) is 0 Å². The van der Waals surface area contributed by atoms with Gasteiger partial charge in [-0.15, -0.1) is 0 Å². The fourth-order valence-corrected chi connectivity index (χ4v) is 4.51. The Labute approximate surface area is 173 Å². The van der Waals surface area contributed by atoms with E-state index in [0.29, 0.717) is 0 Å². The summed E-state index contributed by atoms with van der Waals surface area (Å²) in [6.07, 6.45) is -10.3. The molecule has 3 aliphatic rings. The Hall–Kier alpha value is -0.520. The van der Waals surface area contributed by atoms with E-state index >= 15 is 0 Å². The Morgan fingerprint density at radius 3 is 2.17 bits per heavy atom. The zero-order chi connectivity index (χ0) is 22.3. The molecule has 13 atom stereocenters. The normalized spacial score (nSPS) is 49.2. The first-order chi connectivity index (χ1) is 14.2. The van der Waals surface area contributed by atoms with Crippen LogP contribution in [0.2, 0.25) is 0 Å². The first kappa shape index (κ1) is 24.1. The lowest BCUT2D eigenvalue weighted by Crippen LogP contribution is -2.63. The van der Waals surface area contributed by atoms with Gasteiger partial charge in [0.05, 0.1) is 30.9 Å². The van der Waals surface area contributed by atoms with Crippen LogP contribution < -0.4 is 17.2 Å². The topological polar surface area (TPSA) is 230 Å². The molecular weight excluding hydrogens is 404 g/mol. The molecule has 0 aromatic heterocycles. The molecule has 2 saturated heterocycles. The third kappa shape index (κ3) is 4.23. The number of aliphatic hydroxyl groups is 6. The first-order valence-corrected chi connectivity index (χ1v) is 10.0. The number of aliphatic hydroxyl groups excluding tert-OH is 6. The molecule has 2 aliphatic heterocycles. The lowest BCUT2D eigenvalue weighted by Gasteiger charge is -2.42. The smallest absolute Gasteiger partial charge is 0.173 e. The van der Waals surface area contributed by atoms with Crippen molar-refractivity contribution in [2.24, 2.45) is 17.2 Å². The lowest BCUT2D eigenvalue weighted by molar-refractivity contribution is -0.239. The van der Waals surface area contributed by atoms with Crippen LogP contribution in [-0.4, -0.2) is 135 Å². The van der Waals surface area contributed by atoms with Gasteiger partial charge in [0.25, 0.3) is 0 Å². The second-order valence-electron chi connectivity index (χ2n) is 8.20. The molecule has 176 valence electrons. The van der Waals surface area contributed by atoms with Crippen LogP contribution in [0.25, 0.3) is 0 Å². The number of fused-ring (bicyclic) bond motifs is 1. The minimum absolute atomic E-state index is 0.0249. The van der Waals surface area contributed by atoms with Gasteiger partial charge in [0.2, 0.25) is 0 Å². The fraction of sp³-hybridized carbons (Fsp3) is 1.00. The lowest BCUT2D eigenvalue weighted by atomic mass is 9.84.